The predicted molar refractivity (Wildman–Crippen MR) is 88.1 cm³/mol. The number of hydrogen-bond acceptors (Lipinski definition) is 5. The summed E-state index contributed by atoms with van der Waals surface area (Å²) in [5.41, 5.74) is 0.846. The molecule has 118 valence electrons. The summed E-state index contributed by atoms with van der Waals surface area (Å²) in [6, 6.07) is 7.67. The first-order valence-corrected chi connectivity index (χ1v) is 8.51. The maximum absolute atomic E-state index is 12.1. The number of esters is 1. The van der Waals surface area contributed by atoms with Gasteiger partial charge in [0, 0.05) is 0 Å². The van der Waals surface area contributed by atoms with Gasteiger partial charge in [-0.2, -0.15) is 0 Å². The lowest BCUT2D eigenvalue weighted by atomic mass is 9.94. The number of aromatic nitrogens is 1. The third-order valence-electron chi connectivity index (χ3n) is 4.47. The molecule has 6 heteroatoms. The topological polar surface area (TPSA) is 68.3 Å². The number of nitrogens with zero attached hydrogens (tertiary/aromatic N) is 1. The second kappa shape index (κ2) is 5.77. The number of carbonyl (C=O) groups excluding carboxylic acids is 2. The van der Waals surface area contributed by atoms with Crippen molar-refractivity contribution < 1.29 is 14.3 Å². The van der Waals surface area contributed by atoms with Crippen molar-refractivity contribution in [1.29, 1.82) is 0 Å². The molecule has 5 nitrogen and oxygen atoms in total. The van der Waals surface area contributed by atoms with Gasteiger partial charge in [0.15, 0.2) is 11.7 Å². The molecule has 2 aromatic rings. The Kier molecular flexibility index (Phi) is 3.61. The minimum atomic E-state index is -0.351. The monoisotopic (exact) mass is 328 g/mol. The van der Waals surface area contributed by atoms with E-state index in [1.165, 1.54) is 11.3 Å². The molecule has 1 aromatic carbocycles. The zero-order chi connectivity index (χ0) is 15.8. The first-order chi connectivity index (χ1) is 11.2. The number of benzene rings is 1. The van der Waals surface area contributed by atoms with Crippen LogP contribution in [0.1, 0.15) is 12.8 Å². The summed E-state index contributed by atoms with van der Waals surface area (Å²) in [4.78, 5) is 28.3. The Morgan fingerprint density at radius 3 is 2.87 bits per heavy atom. The van der Waals surface area contributed by atoms with Gasteiger partial charge in [0.05, 0.1) is 16.1 Å². The Morgan fingerprint density at radius 1 is 1.26 bits per heavy atom. The molecule has 1 aromatic heterocycles. The van der Waals surface area contributed by atoms with Crippen molar-refractivity contribution in [1.82, 2.24) is 4.98 Å². The number of thiazole rings is 1. The highest BCUT2D eigenvalue weighted by Crippen LogP contribution is 2.43. The van der Waals surface area contributed by atoms with E-state index < -0.39 is 0 Å². The van der Waals surface area contributed by atoms with Crippen molar-refractivity contribution in [3.05, 3.63) is 36.4 Å². The Morgan fingerprint density at radius 2 is 2.13 bits per heavy atom. The third-order valence-corrected chi connectivity index (χ3v) is 5.42. The van der Waals surface area contributed by atoms with Crippen LogP contribution in [0.3, 0.4) is 0 Å². The number of amides is 1. The summed E-state index contributed by atoms with van der Waals surface area (Å²) in [6.45, 7) is -0.258. The van der Waals surface area contributed by atoms with Gasteiger partial charge < -0.3 is 4.74 Å². The number of nitrogens with one attached hydrogen (secondary N) is 1. The van der Waals surface area contributed by atoms with Gasteiger partial charge >= 0.3 is 5.97 Å². The molecule has 0 saturated heterocycles. The Bertz CT molecular complexity index is 765. The minimum Gasteiger partial charge on any atom is -0.455 e. The van der Waals surface area contributed by atoms with E-state index in [0.717, 1.165) is 23.1 Å². The molecule has 4 rings (SSSR count). The summed E-state index contributed by atoms with van der Waals surface area (Å²) >= 11 is 1.40. The van der Waals surface area contributed by atoms with E-state index in [9.17, 15) is 9.59 Å². The zero-order valence-corrected chi connectivity index (χ0v) is 13.2. The largest absolute Gasteiger partial charge is 0.455 e. The van der Waals surface area contributed by atoms with Crippen molar-refractivity contribution in [2.75, 3.05) is 11.9 Å². The number of anilines is 1. The smallest absolute Gasteiger partial charge is 0.310 e. The fourth-order valence-electron chi connectivity index (χ4n) is 3.38. The highest BCUT2D eigenvalue weighted by molar-refractivity contribution is 7.22. The van der Waals surface area contributed by atoms with E-state index in [1.807, 2.05) is 24.3 Å². The molecule has 1 heterocycles. The van der Waals surface area contributed by atoms with E-state index in [2.05, 4.69) is 22.5 Å². The normalized spacial score (nSPS) is 25.0. The Labute approximate surface area is 137 Å². The average Bonchev–Trinajstić information content (AvgIpc) is 3.26. The number of ether oxygens (including phenoxy) is 1. The van der Waals surface area contributed by atoms with Crippen LogP contribution in [0.25, 0.3) is 10.2 Å². The highest BCUT2D eigenvalue weighted by Gasteiger charge is 2.40. The summed E-state index contributed by atoms with van der Waals surface area (Å²) in [6.07, 6.45) is 6.16. The Hall–Kier alpha value is -2.21. The second-order valence-corrected chi connectivity index (χ2v) is 7.06. The van der Waals surface area contributed by atoms with Crippen LogP contribution >= 0.6 is 11.3 Å². The first-order valence-electron chi connectivity index (χ1n) is 7.69. The molecule has 2 aliphatic carbocycles. The van der Waals surface area contributed by atoms with Crippen molar-refractivity contribution in [2.24, 2.45) is 17.8 Å². The molecule has 23 heavy (non-hydrogen) atoms. The van der Waals surface area contributed by atoms with Crippen molar-refractivity contribution in [2.45, 2.75) is 12.8 Å². The summed E-state index contributed by atoms with van der Waals surface area (Å²) < 4.78 is 6.19. The highest BCUT2D eigenvalue weighted by atomic mass is 32.1. The van der Waals surface area contributed by atoms with Gasteiger partial charge in [-0.3, -0.25) is 14.9 Å². The van der Waals surface area contributed by atoms with E-state index in [-0.39, 0.29) is 24.4 Å². The van der Waals surface area contributed by atoms with Crippen LogP contribution in [0.4, 0.5) is 5.13 Å². The number of rotatable bonds is 4. The lowest BCUT2D eigenvalue weighted by molar-refractivity contribution is -0.152. The van der Waals surface area contributed by atoms with Crippen LogP contribution < -0.4 is 5.32 Å². The minimum absolute atomic E-state index is 0.0831. The summed E-state index contributed by atoms with van der Waals surface area (Å²) in [7, 11) is 0. The van der Waals surface area contributed by atoms with Gasteiger partial charge in [-0.25, -0.2) is 4.98 Å². The fraction of sp³-hybridized carbons (Fsp3) is 0.353. The number of fused-ring (bicyclic) bond motifs is 3. The van der Waals surface area contributed by atoms with E-state index in [1.54, 1.807) is 0 Å². The molecule has 2 bridgehead atoms. The average molecular weight is 328 g/mol. The van der Waals surface area contributed by atoms with Crippen molar-refractivity contribution >= 4 is 38.6 Å². The quantitative estimate of drug-likeness (QED) is 0.692. The predicted octanol–water partition coefficient (Wildman–Crippen LogP) is 2.99. The molecule has 0 aliphatic heterocycles. The summed E-state index contributed by atoms with van der Waals surface area (Å²) in [5.74, 6) is 0.103. The number of carbonyl (C=O) groups is 2. The van der Waals surface area contributed by atoms with E-state index >= 15 is 0 Å². The molecule has 1 saturated carbocycles. The SMILES string of the molecule is O=C(COC(=O)[C@@H]1C[C@@H]2C=C[C@H]1C2)Nc1nc2ccccc2s1. The maximum Gasteiger partial charge on any atom is 0.310 e. The van der Waals surface area contributed by atoms with Crippen molar-refractivity contribution in [3.8, 4) is 0 Å². The summed E-state index contributed by atoms with van der Waals surface area (Å²) in [5, 5.41) is 3.21. The van der Waals surface area contributed by atoms with Crippen LogP contribution in [0.5, 0.6) is 0 Å². The van der Waals surface area contributed by atoms with Crippen LogP contribution in [-0.2, 0) is 14.3 Å². The molecule has 3 atom stereocenters. The molecule has 0 spiro atoms. The molecule has 1 N–H and O–H groups in total. The van der Waals surface area contributed by atoms with E-state index in [0.29, 0.717) is 17.0 Å². The van der Waals surface area contributed by atoms with Crippen LogP contribution in [0, 0.1) is 17.8 Å². The van der Waals surface area contributed by atoms with Gasteiger partial charge in [0.25, 0.3) is 5.91 Å². The number of allylic oxidation sites excluding steroid dienone is 2. The van der Waals surface area contributed by atoms with Crippen molar-refractivity contribution in [3.63, 3.8) is 0 Å². The first kappa shape index (κ1) is 14.4. The molecular weight excluding hydrogens is 312 g/mol. The van der Waals surface area contributed by atoms with Gasteiger partial charge in [0.2, 0.25) is 0 Å². The lowest BCUT2D eigenvalue weighted by Gasteiger charge is -2.16. The van der Waals surface area contributed by atoms with Gasteiger partial charge in [-0.1, -0.05) is 35.6 Å². The molecule has 1 amide bonds. The van der Waals surface area contributed by atoms with Gasteiger partial charge in [-0.05, 0) is 36.8 Å². The molecule has 0 unspecified atom stereocenters. The third kappa shape index (κ3) is 2.86. The molecule has 0 radical (unpaired) electrons. The van der Waals surface area contributed by atoms with Gasteiger partial charge in [-0.15, -0.1) is 0 Å². The van der Waals surface area contributed by atoms with Gasteiger partial charge in [0.1, 0.15) is 0 Å². The van der Waals surface area contributed by atoms with Crippen LogP contribution in [-0.4, -0.2) is 23.5 Å². The molecular formula is C17H16N2O3S. The van der Waals surface area contributed by atoms with Crippen LogP contribution in [0.2, 0.25) is 0 Å². The lowest BCUT2D eigenvalue weighted by Crippen LogP contribution is -2.26. The zero-order valence-electron chi connectivity index (χ0n) is 12.4. The molecule has 1 fully saturated rings. The maximum atomic E-state index is 12.1. The number of hydrogen-bond donors (Lipinski definition) is 1. The Balaban J connectivity index is 1.31. The number of para-hydroxylation sites is 1. The standard InChI is InChI=1S/C17H16N2O3S/c20-15(19-17-18-13-3-1-2-4-14(13)23-17)9-22-16(21)12-8-10-5-6-11(12)7-10/h1-6,10-12H,7-9H2,(H,18,19,20)/t10-,11+,12-/m1/s1. The molecule has 2 aliphatic rings. The second-order valence-electron chi connectivity index (χ2n) is 6.03. The van der Waals surface area contributed by atoms with E-state index in [4.69, 9.17) is 4.74 Å². The fourth-order valence-corrected chi connectivity index (χ4v) is 4.26. The van der Waals surface area contributed by atoms with Crippen LogP contribution in [0.15, 0.2) is 36.4 Å².